The average Bonchev–Trinajstić information content (AvgIpc) is 1.85. The lowest BCUT2D eigenvalue weighted by atomic mass is 9.75. The molecule has 0 amide bonds. The van der Waals surface area contributed by atoms with E-state index in [9.17, 15) is 5.11 Å². The monoisotopic (exact) mass is 156 g/mol. The van der Waals surface area contributed by atoms with Gasteiger partial charge in [0.2, 0.25) is 0 Å². The van der Waals surface area contributed by atoms with Crippen molar-refractivity contribution in [3.63, 3.8) is 0 Å². The quantitative estimate of drug-likeness (QED) is 0.618. The molecule has 1 aliphatic carbocycles. The maximum absolute atomic E-state index is 9.71. The van der Waals surface area contributed by atoms with Gasteiger partial charge in [0, 0.05) is 0 Å². The third-order valence-electron chi connectivity index (χ3n) is 2.99. The van der Waals surface area contributed by atoms with Crippen LogP contribution in [0, 0.1) is 17.8 Å². The summed E-state index contributed by atoms with van der Waals surface area (Å²) in [6.45, 7) is 6.66. The molecule has 0 heterocycles. The lowest BCUT2D eigenvalue weighted by Gasteiger charge is -2.33. The van der Waals surface area contributed by atoms with Crippen molar-refractivity contribution in [2.75, 3.05) is 0 Å². The van der Waals surface area contributed by atoms with E-state index in [0.29, 0.717) is 11.8 Å². The summed E-state index contributed by atoms with van der Waals surface area (Å²) in [6, 6.07) is 0. The molecule has 1 nitrogen and oxygen atoms in total. The number of rotatable bonds is 1. The third-order valence-corrected chi connectivity index (χ3v) is 2.99. The molecule has 0 aliphatic heterocycles. The Bertz CT molecular complexity index is 120. The standard InChI is InChI=1S/C10H20O/c1-7(2)9-5-4-8(3)6-10(9)11/h7-11H,4-6H2,1-3H3/t8-,9?,10?/m1/s1. The van der Waals surface area contributed by atoms with E-state index in [-0.39, 0.29) is 6.10 Å². The van der Waals surface area contributed by atoms with E-state index in [1.807, 2.05) is 0 Å². The van der Waals surface area contributed by atoms with Crippen LogP contribution in [-0.2, 0) is 0 Å². The van der Waals surface area contributed by atoms with Crippen LogP contribution >= 0.6 is 0 Å². The molecule has 0 bridgehead atoms. The van der Waals surface area contributed by atoms with Gasteiger partial charge in [-0.05, 0) is 30.6 Å². The van der Waals surface area contributed by atoms with Crippen molar-refractivity contribution >= 4 is 0 Å². The minimum absolute atomic E-state index is 0.0289. The maximum Gasteiger partial charge on any atom is 0.0573 e. The van der Waals surface area contributed by atoms with Crippen LogP contribution < -0.4 is 0 Å². The van der Waals surface area contributed by atoms with Crippen LogP contribution in [0.25, 0.3) is 0 Å². The lowest BCUT2D eigenvalue weighted by Crippen LogP contribution is -2.31. The molecule has 1 N–H and O–H groups in total. The van der Waals surface area contributed by atoms with E-state index in [1.165, 1.54) is 12.8 Å². The first kappa shape index (κ1) is 9.05. The van der Waals surface area contributed by atoms with E-state index in [0.717, 1.165) is 12.3 Å². The Hall–Kier alpha value is -0.0400. The van der Waals surface area contributed by atoms with Gasteiger partial charge >= 0.3 is 0 Å². The van der Waals surface area contributed by atoms with Gasteiger partial charge in [-0.2, -0.15) is 0 Å². The van der Waals surface area contributed by atoms with E-state index < -0.39 is 0 Å². The normalized spacial score (nSPS) is 39.5. The number of hydrogen-bond donors (Lipinski definition) is 1. The molecule has 1 fully saturated rings. The van der Waals surface area contributed by atoms with Crippen LogP contribution in [0.2, 0.25) is 0 Å². The van der Waals surface area contributed by atoms with Crippen LogP contribution in [0.1, 0.15) is 40.0 Å². The second-order valence-electron chi connectivity index (χ2n) is 4.39. The van der Waals surface area contributed by atoms with Crippen LogP contribution in [0.4, 0.5) is 0 Å². The summed E-state index contributed by atoms with van der Waals surface area (Å²) in [6.07, 6.45) is 3.52. The summed E-state index contributed by atoms with van der Waals surface area (Å²) in [5.74, 6) is 1.95. The first-order valence-electron chi connectivity index (χ1n) is 4.79. The summed E-state index contributed by atoms with van der Waals surface area (Å²) < 4.78 is 0. The van der Waals surface area contributed by atoms with Gasteiger partial charge in [0.25, 0.3) is 0 Å². The topological polar surface area (TPSA) is 20.2 Å². The van der Waals surface area contributed by atoms with Crippen molar-refractivity contribution in [3.8, 4) is 0 Å². The van der Waals surface area contributed by atoms with Gasteiger partial charge in [0.1, 0.15) is 0 Å². The molecule has 1 heteroatoms. The Morgan fingerprint density at radius 1 is 1.27 bits per heavy atom. The molecule has 1 saturated carbocycles. The molecule has 1 rings (SSSR count). The van der Waals surface area contributed by atoms with Crippen molar-refractivity contribution in [2.24, 2.45) is 17.8 Å². The summed E-state index contributed by atoms with van der Waals surface area (Å²) in [5.41, 5.74) is 0. The summed E-state index contributed by atoms with van der Waals surface area (Å²) in [4.78, 5) is 0. The number of hydrogen-bond acceptors (Lipinski definition) is 1. The van der Waals surface area contributed by atoms with Crippen molar-refractivity contribution < 1.29 is 5.11 Å². The molecule has 2 unspecified atom stereocenters. The molecule has 0 radical (unpaired) electrons. The molecule has 66 valence electrons. The van der Waals surface area contributed by atoms with Gasteiger partial charge in [-0.1, -0.05) is 27.2 Å². The zero-order valence-electron chi connectivity index (χ0n) is 7.88. The average molecular weight is 156 g/mol. The molecule has 0 saturated heterocycles. The molecule has 0 aromatic heterocycles. The van der Waals surface area contributed by atoms with Gasteiger partial charge in [-0.25, -0.2) is 0 Å². The molecular formula is C10H20O. The smallest absolute Gasteiger partial charge is 0.0573 e. The van der Waals surface area contributed by atoms with E-state index in [1.54, 1.807) is 0 Å². The second-order valence-corrected chi connectivity index (χ2v) is 4.39. The third kappa shape index (κ3) is 2.19. The van der Waals surface area contributed by atoms with Gasteiger partial charge < -0.3 is 5.11 Å². The summed E-state index contributed by atoms with van der Waals surface area (Å²) in [7, 11) is 0. The first-order valence-corrected chi connectivity index (χ1v) is 4.79. The van der Waals surface area contributed by atoms with Gasteiger partial charge in [-0.15, -0.1) is 0 Å². The van der Waals surface area contributed by atoms with Crippen LogP contribution in [0.3, 0.4) is 0 Å². The van der Waals surface area contributed by atoms with Crippen molar-refractivity contribution in [3.05, 3.63) is 0 Å². The van der Waals surface area contributed by atoms with Crippen LogP contribution in [-0.4, -0.2) is 11.2 Å². The Labute approximate surface area is 69.8 Å². The first-order chi connectivity index (χ1) is 5.11. The van der Waals surface area contributed by atoms with Crippen LogP contribution in [0.15, 0.2) is 0 Å². The minimum atomic E-state index is -0.0289. The fourth-order valence-corrected chi connectivity index (χ4v) is 2.15. The molecule has 0 aromatic carbocycles. The molecule has 0 aromatic rings. The van der Waals surface area contributed by atoms with Gasteiger partial charge in [0.15, 0.2) is 0 Å². The maximum atomic E-state index is 9.71. The molecule has 3 atom stereocenters. The highest BCUT2D eigenvalue weighted by atomic mass is 16.3. The summed E-state index contributed by atoms with van der Waals surface area (Å²) in [5, 5.41) is 9.71. The Kier molecular flexibility index (Phi) is 2.94. The highest BCUT2D eigenvalue weighted by molar-refractivity contribution is 4.79. The SMILES string of the molecule is CC(C)C1CC[C@@H](C)CC1O. The largest absolute Gasteiger partial charge is 0.393 e. The highest BCUT2D eigenvalue weighted by Gasteiger charge is 2.28. The van der Waals surface area contributed by atoms with E-state index in [2.05, 4.69) is 20.8 Å². The van der Waals surface area contributed by atoms with Crippen LogP contribution in [0.5, 0.6) is 0 Å². The summed E-state index contributed by atoms with van der Waals surface area (Å²) >= 11 is 0. The predicted octanol–water partition coefficient (Wildman–Crippen LogP) is 2.44. The Balaban J connectivity index is 2.44. The fraction of sp³-hybridized carbons (Fsp3) is 1.00. The minimum Gasteiger partial charge on any atom is -0.393 e. The molecule has 11 heavy (non-hydrogen) atoms. The lowest BCUT2D eigenvalue weighted by molar-refractivity contribution is 0.0266. The van der Waals surface area contributed by atoms with Crippen molar-refractivity contribution in [2.45, 2.75) is 46.1 Å². The number of aliphatic hydroxyl groups is 1. The Morgan fingerprint density at radius 2 is 1.91 bits per heavy atom. The predicted molar refractivity (Wildman–Crippen MR) is 47.3 cm³/mol. The molecular weight excluding hydrogens is 136 g/mol. The molecule has 1 aliphatic rings. The Morgan fingerprint density at radius 3 is 2.36 bits per heavy atom. The molecule has 0 spiro atoms. The van der Waals surface area contributed by atoms with Gasteiger partial charge in [-0.3, -0.25) is 0 Å². The fourth-order valence-electron chi connectivity index (χ4n) is 2.15. The second kappa shape index (κ2) is 3.57. The zero-order valence-corrected chi connectivity index (χ0v) is 7.88. The highest BCUT2D eigenvalue weighted by Crippen LogP contribution is 2.33. The zero-order chi connectivity index (χ0) is 8.43. The number of aliphatic hydroxyl groups excluding tert-OH is 1. The van der Waals surface area contributed by atoms with Gasteiger partial charge in [0.05, 0.1) is 6.10 Å². The van der Waals surface area contributed by atoms with E-state index >= 15 is 0 Å². The van der Waals surface area contributed by atoms with Crippen molar-refractivity contribution in [1.29, 1.82) is 0 Å². The van der Waals surface area contributed by atoms with E-state index in [4.69, 9.17) is 0 Å². The van der Waals surface area contributed by atoms with Crippen molar-refractivity contribution in [1.82, 2.24) is 0 Å².